The molecule has 0 spiro atoms. The first-order chi connectivity index (χ1) is 9.76. The quantitative estimate of drug-likeness (QED) is 0.777. The Kier molecular flexibility index (Phi) is 4.52. The molecule has 0 saturated heterocycles. The van der Waals surface area contributed by atoms with Crippen LogP contribution in [0.3, 0.4) is 0 Å². The van der Waals surface area contributed by atoms with Gasteiger partial charge in [0.15, 0.2) is 0 Å². The van der Waals surface area contributed by atoms with E-state index in [0.717, 1.165) is 29.9 Å². The molecule has 2 aliphatic carbocycles. The van der Waals surface area contributed by atoms with Gasteiger partial charge >= 0.3 is 0 Å². The third-order valence-corrected chi connectivity index (χ3v) is 4.53. The average molecular weight is 293 g/mol. The molecular formula is C17H25ClN2. The summed E-state index contributed by atoms with van der Waals surface area (Å²) in [7, 11) is 0. The van der Waals surface area contributed by atoms with Crippen molar-refractivity contribution in [3.05, 3.63) is 28.8 Å². The number of hydrogen-bond donors (Lipinski definition) is 1. The van der Waals surface area contributed by atoms with Crippen molar-refractivity contribution < 1.29 is 0 Å². The van der Waals surface area contributed by atoms with Crippen molar-refractivity contribution in [2.45, 2.75) is 39.2 Å². The van der Waals surface area contributed by atoms with Gasteiger partial charge in [0.05, 0.1) is 0 Å². The van der Waals surface area contributed by atoms with Gasteiger partial charge in [-0.3, -0.25) is 0 Å². The molecule has 1 aromatic rings. The second-order valence-electron chi connectivity index (χ2n) is 6.35. The summed E-state index contributed by atoms with van der Waals surface area (Å²) in [4.78, 5) is 2.62. The maximum Gasteiger partial charge on any atom is 0.0413 e. The Hall–Kier alpha value is -0.730. The van der Waals surface area contributed by atoms with Crippen LogP contribution in [0.15, 0.2) is 18.2 Å². The van der Waals surface area contributed by atoms with Gasteiger partial charge in [-0.15, -0.1) is 0 Å². The summed E-state index contributed by atoms with van der Waals surface area (Å²) in [5, 5.41) is 4.29. The van der Waals surface area contributed by atoms with E-state index in [4.69, 9.17) is 11.6 Å². The van der Waals surface area contributed by atoms with Crippen LogP contribution >= 0.6 is 11.6 Å². The smallest absolute Gasteiger partial charge is 0.0413 e. The summed E-state index contributed by atoms with van der Waals surface area (Å²) in [6.45, 7) is 6.53. The molecular weight excluding hydrogens is 268 g/mol. The third kappa shape index (κ3) is 3.89. The first-order valence-electron chi connectivity index (χ1n) is 8.00. The van der Waals surface area contributed by atoms with Gasteiger partial charge in [0.25, 0.3) is 0 Å². The van der Waals surface area contributed by atoms with Gasteiger partial charge in [-0.25, -0.2) is 0 Å². The second kappa shape index (κ2) is 6.36. The van der Waals surface area contributed by atoms with Gasteiger partial charge in [-0.2, -0.15) is 0 Å². The highest BCUT2D eigenvalue weighted by Gasteiger charge is 2.30. The molecule has 1 aromatic carbocycles. The van der Waals surface area contributed by atoms with Crippen LogP contribution in [0, 0.1) is 11.8 Å². The molecule has 3 rings (SSSR count). The summed E-state index contributed by atoms with van der Waals surface area (Å²) < 4.78 is 0. The molecule has 3 heteroatoms. The molecule has 0 unspecified atom stereocenters. The average Bonchev–Trinajstić information content (AvgIpc) is 3.31. The lowest BCUT2D eigenvalue weighted by molar-refractivity contribution is 0.667. The summed E-state index contributed by atoms with van der Waals surface area (Å²) in [6, 6.07) is 6.39. The van der Waals surface area contributed by atoms with Crippen LogP contribution in [0.25, 0.3) is 0 Å². The molecule has 20 heavy (non-hydrogen) atoms. The van der Waals surface area contributed by atoms with Crippen molar-refractivity contribution in [1.29, 1.82) is 0 Å². The van der Waals surface area contributed by atoms with Gasteiger partial charge in [-0.05, 0) is 67.8 Å². The van der Waals surface area contributed by atoms with Crippen LogP contribution in [-0.4, -0.2) is 19.6 Å². The minimum Gasteiger partial charge on any atom is -0.371 e. The van der Waals surface area contributed by atoms with Gasteiger partial charge in [-0.1, -0.05) is 18.5 Å². The van der Waals surface area contributed by atoms with E-state index in [1.165, 1.54) is 50.0 Å². The van der Waals surface area contributed by atoms with E-state index in [2.05, 4.69) is 29.3 Å². The fourth-order valence-electron chi connectivity index (χ4n) is 2.76. The summed E-state index contributed by atoms with van der Waals surface area (Å²) in [6.07, 6.45) is 5.66. The van der Waals surface area contributed by atoms with E-state index in [1.807, 2.05) is 6.07 Å². The fraction of sp³-hybridized carbons (Fsp3) is 0.647. The standard InChI is InChI=1S/C17H25ClN2/c1-2-19-10-15-9-16(18)7-8-17(15)20(11-13-3-4-13)12-14-5-6-14/h7-9,13-14,19H,2-6,10-12H2,1H3. The molecule has 2 aliphatic rings. The molecule has 2 saturated carbocycles. The Morgan fingerprint density at radius 3 is 2.35 bits per heavy atom. The predicted molar refractivity (Wildman–Crippen MR) is 86.5 cm³/mol. The molecule has 2 fully saturated rings. The van der Waals surface area contributed by atoms with Gasteiger partial charge in [0, 0.05) is 30.3 Å². The Bertz CT molecular complexity index is 438. The van der Waals surface area contributed by atoms with Crippen LogP contribution in [0.1, 0.15) is 38.2 Å². The Morgan fingerprint density at radius 1 is 1.15 bits per heavy atom. The Balaban J connectivity index is 1.78. The normalized spacial score (nSPS) is 18.3. The molecule has 0 aliphatic heterocycles. The Labute approximate surface area is 127 Å². The zero-order valence-electron chi connectivity index (χ0n) is 12.4. The lowest BCUT2D eigenvalue weighted by atomic mass is 10.1. The largest absolute Gasteiger partial charge is 0.371 e. The van der Waals surface area contributed by atoms with Crippen molar-refractivity contribution in [2.75, 3.05) is 24.5 Å². The van der Waals surface area contributed by atoms with E-state index < -0.39 is 0 Å². The van der Waals surface area contributed by atoms with Crippen LogP contribution < -0.4 is 10.2 Å². The second-order valence-corrected chi connectivity index (χ2v) is 6.78. The maximum atomic E-state index is 6.19. The van der Waals surface area contributed by atoms with Crippen molar-refractivity contribution in [2.24, 2.45) is 11.8 Å². The van der Waals surface area contributed by atoms with Crippen LogP contribution in [-0.2, 0) is 6.54 Å². The van der Waals surface area contributed by atoms with E-state index in [0.29, 0.717) is 0 Å². The monoisotopic (exact) mass is 292 g/mol. The number of hydrogen-bond acceptors (Lipinski definition) is 2. The summed E-state index contributed by atoms with van der Waals surface area (Å²) >= 11 is 6.19. The molecule has 1 N–H and O–H groups in total. The number of nitrogens with one attached hydrogen (secondary N) is 1. The first-order valence-corrected chi connectivity index (χ1v) is 8.38. The number of rotatable bonds is 8. The van der Waals surface area contributed by atoms with Crippen LogP contribution in [0.2, 0.25) is 5.02 Å². The van der Waals surface area contributed by atoms with E-state index >= 15 is 0 Å². The molecule has 0 heterocycles. The molecule has 2 nitrogen and oxygen atoms in total. The highest BCUT2D eigenvalue weighted by Crippen LogP contribution is 2.37. The van der Waals surface area contributed by atoms with E-state index in [9.17, 15) is 0 Å². The zero-order valence-corrected chi connectivity index (χ0v) is 13.1. The van der Waals surface area contributed by atoms with Crippen molar-refractivity contribution in [1.82, 2.24) is 5.32 Å². The van der Waals surface area contributed by atoms with Gasteiger partial charge in [0.1, 0.15) is 0 Å². The van der Waals surface area contributed by atoms with Gasteiger partial charge in [0.2, 0.25) is 0 Å². The topological polar surface area (TPSA) is 15.3 Å². The molecule has 110 valence electrons. The number of halogens is 1. The van der Waals surface area contributed by atoms with E-state index in [1.54, 1.807) is 0 Å². The number of anilines is 1. The minimum atomic E-state index is 0.847. The summed E-state index contributed by atoms with van der Waals surface area (Å²) in [5.41, 5.74) is 2.75. The van der Waals surface area contributed by atoms with Crippen molar-refractivity contribution in [3.63, 3.8) is 0 Å². The third-order valence-electron chi connectivity index (χ3n) is 4.30. The van der Waals surface area contributed by atoms with E-state index in [-0.39, 0.29) is 0 Å². The molecule has 0 amide bonds. The molecule has 0 radical (unpaired) electrons. The van der Waals surface area contributed by atoms with Crippen molar-refractivity contribution >= 4 is 17.3 Å². The highest BCUT2D eigenvalue weighted by atomic mass is 35.5. The fourth-order valence-corrected chi connectivity index (χ4v) is 2.95. The van der Waals surface area contributed by atoms with Crippen LogP contribution in [0.5, 0.6) is 0 Å². The van der Waals surface area contributed by atoms with Crippen LogP contribution in [0.4, 0.5) is 5.69 Å². The molecule has 0 bridgehead atoms. The predicted octanol–water partition coefficient (Wildman–Crippen LogP) is 4.08. The minimum absolute atomic E-state index is 0.847. The van der Waals surface area contributed by atoms with Gasteiger partial charge < -0.3 is 10.2 Å². The molecule has 0 atom stereocenters. The molecule has 0 aromatic heterocycles. The number of benzene rings is 1. The highest BCUT2D eigenvalue weighted by molar-refractivity contribution is 6.30. The summed E-state index contributed by atoms with van der Waals surface area (Å²) in [5.74, 6) is 1.85. The SMILES string of the molecule is CCNCc1cc(Cl)ccc1N(CC1CC1)CC1CC1. The first kappa shape index (κ1) is 14.2. The lowest BCUT2D eigenvalue weighted by Crippen LogP contribution is -2.29. The zero-order chi connectivity index (χ0) is 13.9. The Morgan fingerprint density at radius 2 is 1.80 bits per heavy atom. The maximum absolute atomic E-state index is 6.19. The lowest BCUT2D eigenvalue weighted by Gasteiger charge is -2.27. The van der Waals surface area contributed by atoms with Crippen molar-refractivity contribution in [3.8, 4) is 0 Å². The number of nitrogens with zero attached hydrogens (tertiary/aromatic N) is 1.